The van der Waals surface area contributed by atoms with Crippen molar-refractivity contribution in [3.8, 4) is 11.4 Å². The Bertz CT molecular complexity index is 2140. The fraction of sp³-hybridized carbons (Fsp3) is 0.587. The number of nitrogens with one attached hydrogen (secondary N) is 4. The van der Waals surface area contributed by atoms with Gasteiger partial charge in [-0.2, -0.15) is 4.68 Å². The van der Waals surface area contributed by atoms with E-state index in [-0.39, 0.29) is 48.1 Å². The van der Waals surface area contributed by atoms with Crippen molar-refractivity contribution in [3.63, 3.8) is 0 Å². The van der Waals surface area contributed by atoms with Crippen molar-refractivity contribution in [2.75, 3.05) is 97.5 Å². The number of amides is 5. The van der Waals surface area contributed by atoms with Gasteiger partial charge in [-0.1, -0.05) is 38.2 Å². The number of piperidine rings is 2. The van der Waals surface area contributed by atoms with Gasteiger partial charge in [-0.15, -0.1) is 5.10 Å². The molecule has 5 amide bonds. The second kappa shape index (κ2) is 24.2. The summed E-state index contributed by atoms with van der Waals surface area (Å²) in [6, 6.07) is 10.8. The number of fused-ring (bicyclic) bond motifs is 1. The number of aromatic nitrogens is 3. The minimum atomic E-state index is -1.02. The fourth-order valence-electron chi connectivity index (χ4n) is 8.85. The van der Waals surface area contributed by atoms with E-state index >= 15 is 0 Å². The lowest BCUT2D eigenvalue weighted by atomic mass is 9.86. The van der Waals surface area contributed by atoms with Crippen molar-refractivity contribution < 1.29 is 47.7 Å². The van der Waals surface area contributed by atoms with Gasteiger partial charge in [0.15, 0.2) is 6.61 Å². The van der Waals surface area contributed by atoms with Crippen LogP contribution in [0.15, 0.2) is 47.3 Å². The number of nitrogens with zero attached hydrogens (tertiary/aromatic N) is 4. The van der Waals surface area contributed by atoms with Gasteiger partial charge in [-0.25, -0.2) is 4.79 Å². The van der Waals surface area contributed by atoms with Gasteiger partial charge < -0.3 is 39.2 Å². The summed E-state index contributed by atoms with van der Waals surface area (Å²) in [5.74, 6) is -0.187. The Kier molecular flexibility index (Phi) is 17.7. The first kappa shape index (κ1) is 47.5. The molecule has 4 N–H and O–H groups in total. The number of ether oxygens (including phenoxy) is 5. The molecule has 0 radical (unpaired) electrons. The molecule has 19 nitrogen and oxygen atoms in total. The zero-order chi connectivity index (χ0) is 45.4. The van der Waals surface area contributed by atoms with Crippen LogP contribution in [0.1, 0.15) is 96.7 Å². The Morgan fingerprint density at radius 1 is 0.769 bits per heavy atom. The summed E-state index contributed by atoms with van der Waals surface area (Å²) < 4.78 is 29.3. The Balaban J connectivity index is 0.672. The minimum absolute atomic E-state index is 0.0561. The highest BCUT2D eigenvalue weighted by Gasteiger charge is 2.45. The number of likely N-dealkylation sites (tertiary alicyclic amines) is 1. The lowest BCUT2D eigenvalue weighted by molar-refractivity contribution is -0.136. The quantitative estimate of drug-likeness (QED) is 0.0710. The van der Waals surface area contributed by atoms with Crippen molar-refractivity contribution in [3.05, 3.63) is 69.9 Å². The van der Waals surface area contributed by atoms with E-state index in [2.05, 4.69) is 30.9 Å². The number of hydrogen-bond acceptors (Lipinski definition) is 14. The first-order chi connectivity index (χ1) is 31.7. The molecule has 65 heavy (non-hydrogen) atoms. The fourth-order valence-corrected chi connectivity index (χ4v) is 8.85. The first-order valence-corrected chi connectivity index (χ1v) is 23.1. The maximum atomic E-state index is 13.2. The number of anilines is 1. The summed E-state index contributed by atoms with van der Waals surface area (Å²) in [6.45, 7) is 6.48. The minimum Gasteiger partial charge on any atom is -0.484 e. The van der Waals surface area contributed by atoms with Crippen molar-refractivity contribution in [2.24, 2.45) is 5.92 Å². The summed E-state index contributed by atoms with van der Waals surface area (Å²) in [5, 5.41) is 12.8. The normalized spacial score (nSPS) is 19.4. The van der Waals surface area contributed by atoms with Crippen molar-refractivity contribution in [1.29, 1.82) is 0 Å². The molecule has 3 fully saturated rings. The molecule has 1 aliphatic carbocycles. The van der Waals surface area contributed by atoms with E-state index < -0.39 is 29.7 Å². The van der Waals surface area contributed by atoms with E-state index in [0.29, 0.717) is 83.1 Å². The molecule has 1 saturated carbocycles. The predicted molar refractivity (Wildman–Crippen MR) is 237 cm³/mol. The van der Waals surface area contributed by atoms with Gasteiger partial charge in [-0.05, 0) is 81.1 Å². The lowest BCUT2D eigenvalue weighted by Crippen LogP contribution is -2.54. The molecule has 19 heteroatoms. The molecule has 3 aliphatic heterocycles. The van der Waals surface area contributed by atoms with E-state index in [1.165, 1.54) is 43.2 Å². The molecule has 3 aromatic rings. The Labute approximate surface area is 378 Å². The molecule has 352 valence electrons. The molecule has 7 rings (SSSR count). The molecule has 0 spiro atoms. The van der Waals surface area contributed by atoms with Crippen LogP contribution in [0.25, 0.3) is 5.69 Å². The smallest absolute Gasteiger partial charge is 0.348 e. The third-order valence-corrected chi connectivity index (χ3v) is 12.3. The summed E-state index contributed by atoms with van der Waals surface area (Å²) >= 11 is 0. The molecular formula is C46H62N8O11. The summed E-state index contributed by atoms with van der Waals surface area (Å²) in [4.78, 5) is 81.8. The van der Waals surface area contributed by atoms with E-state index in [1.54, 1.807) is 42.5 Å². The monoisotopic (exact) mass is 902 g/mol. The van der Waals surface area contributed by atoms with Crippen LogP contribution in [0.2, 0.25) is 0 Å². The Hall–Kier alpha value is -5.47. The number of carbonyl (C=O) groups is 5. The van der Waals surface area contributed by atoms with Crippen molar-refractivity contribution in [1.82, 2.24) is 35.2 Å². The Morgan fingerprint density at radius 2 is 1.48 bits per heavy atom. The zero-order valence-corrected chi connectivity index (χ0v) is 37.0. The predicted octanol–water partition coefficient (Wildman–Crippen LogP) is 2.79. The standard InChI is InChI=1S/C46H62N8O11/c55-39-16-15-38(43(57)49-39)53-44(58)36-9-4-10-37(41(36)45(53)59)47-18-22-61-24-26-63-28-29-64-27-25-62-23-19-48-40(56)31-65-35-13-11-34(12-14-35)54-46(60)50-42(51-54)33-8-5-20-52(30-33)21-17-32-6-2-1-3-7-32/h4,9-14,32-33,38,47H,1-3,5-8,15-31H2,(H,48,56)(H,49,55,57)(H,50,51,60)/t33-,38?/m0/s1. The molecule has 4 heterocycles. The SMILES string of the molecule is O=C(COc1ccc(-n2nc([C@H]3CCCN(CCC4CCCCC4)C3)[nH]c2=O)cc1)NCCOCCOCCOCCOCCNc1cccc2c1C(=O)N(C1CCC(=O)NC1=O)C2=O. The maximum absolute atomic E-state index is 13.2. The number of H-pyrrole nitrogens is 1. The highest BCUT2D eigenvalue weighted by atomic mass is 16.6. The van der Waals surface area contributed by atoms with E-state index in [4.69, 9.17) is 23.7 Å². The van der Waals surface area contributed by atoms with E-state index in [9.17, 15) is 28.8 Å². The second-order valence-electron chi connectivity index (χ2n) is 16.8. The number of carbonyl (C=O) groups excluding carboxylic acids is 5. The van der Waals surface area contributed by atoms with Gasteiger partial charge >= 0.3 is 5.69 Å². The average Bonchev–Trinajstić information content (AvgIpc) is 3.83. The van der Waals surface area contributed by atoms with E-state index in [1.807, 2.05) is 0 Å². The molecule has 2 aromatic carbocycles. The second-order valence-corrected chi connectivity index (χ2v) is 16.8. The van der Waals surface area contributed by atoms with Gasteiger partial charge in [0, 0.05) is 37.7 Å². The van der Waals surface area contributed by atoms with Crippen LogP contribution < -0.4 is 26.4 Å². The number of benzene rings is 2. The molecule has 2 saturated heterocycles. The van der Waals surface area contributed by atoms with Crippen LogP contribution in [0.4, 0.5) is 5.69 Å². The molecule has 1 unspecified atom stereocenters. The number of hydrogen-bond donors (Lipinski definition) is 4. The van der Waals surface area contributed by atoms with Gasteiger partial charge in [0.1, 0.15) is 17.6 Å². The molecule has 2 atom stereocenters. The van der Waals surface area contributed by atoms with Crippen LogP contribution >= 0.6 is 0 Å². The molecule has 1 aromatic heterocycles. The topological polar surface area (TPSA) is 225 Å². The van der Waals surface area contributed by atoms with Crippen LogP contribution in [0.3, 0.4) is 0 Å². The van der Waals surface area contributed by atoms with Gasteiger partial charge in [0.05, 0.1) is 69.7 Å². The summed E-state index contributed by atoms with van der Waals surface area (Å²) in [7, 11) is 0. The van der Waals surface area contributed by atoms with Crippen LogP contribution in [-0.2, 0) is 33.3 Å². The van der Waals surface area contributed by atoms with Crippen LogP contribution in [0, 0.1) is 5.92 Å². The third-order valence-electron chi connectivity index (χ3n) is 12.3. The van der Waals surface area contributed by atoms with Gasteiger partial charge in [0.2, 0.25) is 11.8 Å². The largest absolute Gasteiger partial charge is 0.484 e. The van der Waals surface area contributed by atoms with Gasteiger partial charge in [0.25, 0.3) is 17.7 Å². The first-order valence-electron chi connectivity index (χ1n) is 23.1. The lowest BCUT2D eigenvalue weighted by Gasteiger charge is -2.33. The highest BCUT2D eigenvalue weighted by Crippen LogP contribution is 2.33. The van der Waals surface area contributed by atoms with Gasteiger partial charge in [-0.3, -0.25) is 39.2 Å². The third kappa shape index (κ3) is 13.3. The number of aromatic amines is 1. The van der Waals surface area contributed by atoms with Crippen molar-refractivity contribution in [2.45, 2.75) is 76.2 Å². The highest BCUT2D eigenvalue weighted by molar-refractivity contribution is 6.25. The molecule has 0 bridgehead atoms. The number of rotatable bonds is 25. The maximum Gasteiger partial charge on any atom is 0.348 e. The zero-order valence-electron chi connectivity index (χ0n) is 37.0. The number of imide groups is 2. The van der Waals surface area contributed by atoms with Crippen LogP contribution in [0.5, 0.6) is 5.75 Å². The average molecular weight is 903 g/mol. The summed E-state index contributed by atoms with van der Waals surface area (Å²) in [6.07, 6.45) is 10.4. The molecule has 4 aliphatic rings. The Morgan fingerprint density at radius 3 is 2.20 bits per heavy atom. The summed E-state index contributed by atoms with van der Waals surface area (Å²) in [5.41, 5.74) is 1.23. The van der Waals surface area contributed by atoms with Crippen LogP contribution in [-0.4, -0.2) is 152 Å². The van der Waals surface area contributed by atoms with Crippen molar-refractivity contribution >= 4 is 35.2 Å². The van der Waals surface area contributed by atoms with E-state index in [0.717, 1.165) is 49.1 Å². The molecular weight excluding hydrogens is 841 g/mol.